The largest absolute Gasteiger partial charge is 0.376 e. The van der Waals surface area contributed by atoms with Crippen LogP contribution in [0.15, 0.2) is 24.5 Å². The number of hydrogen-bond acceptors (Lipinski definition) is 3. The van der Waals surface area contributed by atoms with E-state index in [1.807, 2.05) is 12.3 Å². The van der Waals surface area contributed by atoms with Crippen LogP contribution in [-0.2, 0) is 11.3 Å². The van der Waals surface area contributed by atoms with Gasteiger partial charge >= 0.3 is 0 Å². The van der Waals surface area contributed by atoms with Crippen LogP contribution in [0.5, 0.6) is 0 Å². The molecule has 1 saturated heterocycles. The van der Waals surface area contributed by atoms with Crippen molar-refractivity contribution in [2.24, 2.45) is 11.3 Å². The molecule has 5 heteroatoms. The Hall–Kier alpha value is -0.350. The molecule has 1 N–H and O–H groups in total. The molecule has 19 heavy (non-hydrogen) atoms. The third kappa shape index (κ3) is 3.60. The monoisotopic (exact) mass is 304 g/mol. The van der Waals surface area contributed by atoms with Crippen LogP contribution in [0.2, 0.25) is 0 Å². The van der Waals surface area contributed by atoms with Gasteiger partial charge in [-0.05, 0) is 36.9 Å². The van der Waals surface area contributed by atoms with Crippen LogP contribution in [0.4, 0.5) is 0 Å². The van der Waals surface area contributed by atoms with Gasteiger partial charge in [-0.25, -0.2) is 0 Å². The standard InChI is InChI=1S/C14H20N2O.2ClH/c1-4-13-8-16-10-14(13,5-1)11-17-9-12-3-2-6-15-7-12;;/h2-3,6-7,13,16H,1,4-5,8-11H2;2*1H/t13-,14+;;/m1../s1. The number of nitrogens with zero attached hydrogens (tertiary/aromatic N) is 1. The van der Waals surface area contributed by atoms with Gasteiger partial charge in [0.2, 0.25) is 0 Å². The van der Waals surface area contributed by atoms with E-state index >= 15 is 0 Å². The molecule has 2 heterocycles. The first kappa shape index (κ1) is 16.7. The van der Waals surface area contributed by atoms with Crippen molar-refractivity contribution >= 4 is 24.8 Å². The summed E-state index contributed by atoms with van der Waals surface area (Å²) < 4.78 is 5.93. The lowest BCUT2D eigenvalue weighted by molar-refractivity contribution is 0.0308. The summed E-state index contributed by atoms with van der Waals surface area (Å²) >= 11 is 0. The zero-order valence-corrected chi connectivity index (χ0v) is 12.6. The third-order valence-electron chi connectivity index (χ3n) is 4.34. The van der Waals surface area contributed by atoms with Crippen LogP contribution < -0.4 is 5.32 Å². The average Bonchev–Trinajstić information content (AvgIpc) is 2.89. The normalized spacial score (nSPS) is 28.3. The Morgan fingerprint density at radius 1 is 1.42 bits per heavy atom. The number of aromatic nitrogens is 1. The Bertz CT molecular complexity index is 365. The molecular weight excluding hydrogens is 283 g/mol. The fourth-order valence-corrected chi connectivity index (χ4v) is 3.35. The van der Waals surface area contributed by atoms with E-state index in [0.29, 0.717) is 12.0 Å². The highest BCUT2D eigenvalue weighted by atomic mass is 35.5. The Kier molecular flexibility index (Phi) is 6.54. The van der Waals surface area contributed by atoms with Crippen LogP contribution in [0.25, 0.3) is 0 Å². The molecule has 0 bridgehead atoms. The Balaban J connectivity index is 0.000000902. The Labute approximate surface area is 127 Å². The van der Waals surface area contributed by atoms with Crippen molar-refractivity contribution in [1.82, 2.24) is 10.3 Å². The molecule has 2 fully saturated rings. The van der Waals surface area contributed by atoms with Gasteiger partial charge in [0.15, 0.2) is 0 Å². The second kappa shape index (κ2) is 7.44. The van der Waals surface area contributed by atoms with E-state index in [1.165, 1.54) is 31.4 Å². The summed E-state index contributed by atoms with van der Waals surface area (Å²) in [6.45, 7) is 3.93. The second-order valence-corrected chi connectivity index (χ2v) is 5.44. The van der Waals surface area contributed by atoms with Crippen molar-refractivity contribution in [1.29, 1.82) is 0 Å². The van der Waals surface area contributed by atoms with Gasteiger partial charge in [-0.2, -0.15) is 0 Å². The molecule has 2 atom stereocenters. The van der Waals surface area contributed by atoms with Crippen LogP contribution in [0.3, 0.4) is 0 Å². The van der Waals surface area contributed by atoms with E-state index in [2.05, 4.69) is 16.4 Å². The van der Waals surface area contributed by atoms with E-state index in [-0.39, 0.29) is 24.8 Å². The molecule has 2 aliphatic rings. The lowest BCUT2D eigenvalue weighted by Gasteiger charge is -2.27. The lowest BCUT2D eigenvalue weighted by atomic mass is 9.82. The van der Waals surface area contributed by atoms with Gasteiger partial charge in [-0.1, -0.05) is 12.5 Å². The second-order valence-electron chi connectivity index (χ2n) is 5.44. The first-order chi connectivity index (χ1) is 8.39. The van der Waals surface area contributed by atoms with E-state index in [4.69, 9.17) is 4.74 Å². The molecule has 0 spiro atoms. The number of nitrogens with one attached hydrogen (secondary N) is 1. The Morgan fingerprint density at radius 3 is 3.11 bits per heavy atom. The zero-order valence-electron chi connectivity index (χ0n) is 11.0. The topological polar surface area (TPSA) is 34.1 Å². The molecule has 3 nitrogen and oxygen atoms in total. The van der Waals surface area contributed by atoms with E-state index in [9.17, 15) is 0 Å². The quantitative estimate of drug-likeness (QED) is 0.929. The summed E-state index contributed by atoms with van der Waals surface area (Å²) in [4.78, 5) is 4.11. The maximum Gasteiger partial charge on any atom is 0.0732 e. The molecule has 1 aromatic rings. The zero-order chi connectivity index (χ0) is 11.6. The first-order valence-corrected chi connectivity index (χ1v) is 6.56. The van der Waals surface area contributed by atoms with Crippen molar-refractivity contribution in [2.75, 3.05) is 19.7 Å². The van der Waals surface area contributed by atoms with Gasteiger partial charge in [-0.15, -0.1) is 24.8 Å². The minimum atomic E-state index is 0. The maximum absolute atomic E-state index is 5.93. The smallest absolute Gasteiger partial charge is 0.0732 e. The van der Waals surface area contributed by atoms with Crippen molar-refractivity contribution in [2.45, 2.75) is 25.9 Å². The molecule has 0 aromatic carbocycles. The van der Waals surface area contributed by atoms with Crippen LogP contribution in [0, 0.1) is 11.3 Å². The molecular formula is C14H22Cl2N2O. The predicted octanol–water partition coefficient (Wildman–Crippen LogP) is 2.83. The SMILES string of the molecule is Cl.Cl.c1cncc(COC[C@@]23CCC[C@@H]2CNC3)c1. The van der Waals surface area contributed by atoms with Crippen molar-refractivity contribution in [3.63, 3.8) is 0 Å². The first-order valence-electron chi connectivity index (χ1n) is 6.56. The van der Waals surface area contributed by atoms with Crippen molar-refractivity contribution < 1.29 is 4.74 Å². The molecule has 1 aliphatic heterocycles. The van der Waals surface area contributed by atoms with Crippen LogP contribution in [0.1, 0.15) is 24.8 Å². The van der Waals surface area contributed by atoms with E-state index in [0.717, 1.165) is 19.1 Å². The number of fused-ring (bicyclic) bond motifs is 1. The minimum Gasteiger partial charge on any atom is -0.376 e. The molecule has 3 rings (SSSR count). The van der Waals surface area contributed by atoms with Crippen LogP contribution in [-0.4, -0.2) is 24.7 Å². The summed E-state index contributed by atoms with van der Waals surface area (Å²) in [7, 11) is 0. The molecule has 1 aliphatic carbocycles. The highest BCUT2D eigenvalue weighted by Gasteiger charge is 2.46. The number of hydrogen-bond donors (Lipinski definition) is 1. The summed E-state index contributed by atoms with van der Waals surface area (Å²) in [5.41, 5.74) is 1.60. The van der Waals surface area contributed by atoms with Gasteiger partial charge in [-0.3, -0.25) is 4.98 Å². The van der Waals surface area contributed by atoms with E-state index in [1.54, 1.807) is 6.20 Å². The van der Waals surface area contributed by atoms with E-state index < -0.39 is 0 Å². The van der Waals surface area contributed by atoms with Crippen molar-refractivity contribution in [3.05, 3.63) is 30.1 Å². The Morgan fingerprint density at radius 2 is 2.32 bits per heavy atom. The number of halogens is 2. The highest BCUT2D eigenvalue weighted by molar-refractivity contribution is 5.85. The van der Waals surface area contributed by atoms with Crippen LogP contribution >= 0.6 is 24.8 Å². The minimum absolute atomic E-state index is 0. The predicted molar refractivity (Wildman–Crippen MR) is 81.0 cm³/mol. The van der Waals surface area contributed by atoms with Gasteiger partial charge in [0.1, 0.15) is 0 Å². The fourth-order valence-electron chi connectivity index (χ4n) is 3.35. The molecule has 0 unspecified atom stereocenters. The molecule has 1 saturated carbocycles. The summed E-state index contributed by atoms with van der Waals surface area (Å²) in [6, 6.07) is 4.04. The number of ether oxygens (including phenoxy) is 1. The van der Waals surface area contributed by atoms with Gasteiger partial charge in [0, 0.05) is 24.4 Å². The summed E-state index contributed by atoms with van der Waals surface area (Å²) in [5.74, 6) is 0.844. The highest BCUT2D eigenvalue weighted by Crippen LogP contribution is 2.45. The average molecular weight is 305 g/mol. The van der Waals surface area contributed by atoms with Gasteiger partial charge in [0.25, 0.3) is 0 Å². The maximum atomic E-state index is 5.93. The summed E-state index contributed by atoms with van der Waals surface area (Å²) in [5, 5.41) is 3.52. The van der Waals surface area contributed by atoms with Gasteiger partial charge < -0.3 is 10.1 Å². The number of pyridine rings is 1. The lowest BCUT2D eigenvalue weighted by Crippen LogP contribution is -2.31. The summed E-state index contributed by atoms with van der Waals surface area (Å²) in [6.07, 6.45) is 7.77. The third-order valence-corrected chi connectivity index (χ3v) is 4.34. The van der Waals surface area contributed by atoms with Crippen molar-refractivity contribution in [3.8, 4) is 0 Å². The molecule has 108 valence electrons. The molecule has 0 radical (unpaired) electrons. The molecule has 1 aromatic heterocycles. The molecule has 0 amide bonds. The number of rotatable bonds is 4. The fraction of sp³-hybridized carbons (Fsp3) is 0.643. The van der Waals surface area contributed by atoms with Gasteiger partial charge in [0.05, 0.1) is 13.2 Å².